The molecule has 0 saturated carbocycles. The molecule has 4 nitrogen and oxygen atoms in total. The van der Waals surface area contributed by atoms with Crippen molar-refractivity contribution in [2.24, 2.45) is 0 Å². The van der Waals surface area contributed by atoms with Gasteiger partial charge in [-0.3, -0.25) is 4.79 Å². The Hall–Kier alpha value is -0.610. The molecule has 1 atom stereocenters. The van der Waals surface area contributed by atoms with E-state index in [1.165, 1.54) is 0 Å². The number of nitrogens with zero attached hydrogens (tertiary/aromatic N) is 2. The van der Waals surface area contributed by atoms with E-state index in [1.807, 2.05) is 14.1 Å². The van der Waals surface area contributed by atoms with Gasteiger partial charge in [-0.15, -0.1) is 0 Å². The van der Waals surface area contributed by atoms with Crippen LogP contribution in [0.2, 0.25) is 0 Å². The SMILES string of the molecule is CCN1CCCC(CC(=O)O)(N(C)C)CC1. The van der Waals surface area contributed by atoms with E-state index in [4.69, 9.17) is 5.11 Å². The zero-order chi connectivity index (χ0) is 12.2. The van der Waals surface area contributed by atoms with Crippen molar-refractivity contribution >= 4 is 5.97 Å². The van der Waals surface area contributed by atoms with Crippen molar-refractivity contribution < 1.29 is 9.90 Å². The predicted molar refractivity (Wildman–Crippen MR) is 64.6 cm³/mol. The minimum atomic E-state index is -0.682. The molecule has 0 aromatic heterocycles. The number of aliphatic carboxylic acids is 1. The van der Waals surface area contributed by atoms with Gasteiger partial charge in [-0.05, 0) is 53.0 Å². The lowest BCUT2D eigenvalue weighted by atomic mass is 9.86. The topological polar surface area (TPSA) is 43.8 Å². The molecule has 0 bridgehead atoms. The van der Waals surface area contributed by atoms with Crippen LogP contribution in [0.4, 0.5) is 0 Å². The maximum absolute atomic E-state index is 11.0. The molecule has 1 heterocycles. The summed E-state index contributed by atoms with van der Waals surface area (Å²) in [6.45, 7) is 5.35. The van der Waals surface area contributed by atoms with Crippen molar-refractivity contribution in [2.45, 2.75) is 38.1 Å². The molecule has 1 saturated heterocycles. The maximum Gasteiger partial charge on any atom is 0.305 e. The molecule has 94 valence electrons. The zero-order valence-corrected chi connectivity index (χ0v) is 10.7. The standard InChI is InChI=1S/C12H24N2O2/c1-4-14-8-5-6-12(7-9-14,13(2)3)10-11(15)16/h4-10H2,1-3H3,(H,15,16). The molecule has 1 N–H and O–H groups in total. The molecule has 4 heteroatoms. The van der Waals surface area contributed by atoms with Gasteiger partial charge in [0, 0.05) is 5.54 Å². The highest BCUT2D eigenvalue weighted by molar-refractivity contribution is 5.68. The van der Waals surface area contributed by atoms with E-state index in [1.54, 1.807) is 0 Å². The Labute approximate surface area is 98.2 Å². The summed E-state index contributed by atoms with van der Waals surface area (Å²) in [7, 11) is 4.01. The lowest BCUT2D eigenvalue weighted by Gasteiger charge is -2.38. The molecule has 16 heavy (non-hydrogen) atoms. The second-order valence-electron chi connectivity index (χ2n) is 4.98. The van der Waals surface area contributed by atoms with Crippen molar-refractivity contribution in [3.8, 4) is 0 Å². The molecule has 1 aliphatic heterocycles. The van der Waals surface area contributed by atoms with Gasteiger partial charge in [0.05, 0.1) is 6.42 Å². The number of likely N-dealkylation sites (tertiary alicyclic amines) is 1. The third-order valence-corrected chi connectivity index (χ3v) is 3.89. The summed E-state index contributed by atoms with van der Waals surface area (Å²) in [5.74, 6) is -0.682. The van der Waals surface area contributed by atoms with Gasteiger partial charge in [0.1, 0.15) is 0 Å². The van der Waals surface area contributed by atoms with Crippen molar-refractivity contribution in [1.82, 2.24) is 9.80 Å². The van der Waals surface area contributed by atoms with Gasteiger partial charge in [-0.2, -0.15) is 0 Å². The molecule has 1 fully saturated rings. The molecular weight excluding hydrogens is 204 g/mol. The third-order valence-electron chi connectivity index (χ3n) is 3.89. The van der Waals surface area contributed by atoms with E-state index in [2.05, 4.69) is 16.7 Å². The second-order valence-corrected chi connectivity index (χ2v) is 4.98. The Morgan fingerprint density at radius 1 is 1.38 bits per heavy atom. The number of hydrogen-bond acceptors (Lipinski definition) is 3. The van der Waals surface area contributed by atoms with Crippen LogP contribution in [0.5, 0.6) is 0 Å². The first-order valence-electron chi connectivity index (χ1n) is 6.12. The highest BCUT2D eigenvalue weighted by Gasteiger charge is 2.36. The summed E-state index contributed by atoms with van der Waals surface area (Å²) in [5.41, 5.74) is -0.143. The van der Waals surface area contributed by atoms with Crippen LogP contribution < -0.4 is 0 Å². The first-order valence-corrected chi connectivity index (χ1v) is 6.12. The van der Waals surface area contributed by atoms with E-state index in [9.17, 15) is 4.79 Å². The average molecular weight is 228 g/mol. The highest BCUT2D eigenvalue weighted by Crippen LogP contribution is 2.30. The van der Waals surface area contributed by atoms with Gasteiger partial charge in [0.25, 0.3) is 0 Å². The molecule has 1 unspecified atom stereocenters. The summed E-state index contributed by atoms with van der Waals surface area (Å²) in [6.07, 6.45) is 3.31. The molecule has 0 spiro atoms. The second kappa shape index (κ2) is 5.64. The molecule has 0 aromatic carbocycles. The summed E-state index contributed by atoms with van der Waals surface area (Å²) >= 11 is 0. The van der Waals surface area contributed by atoms with E-state index in [-0.39, 0.29) is 12.0 Å². The first-order chi connectivity index (χ1) is 7.50. The predicted octanol–water partition coefficient (Wildman–Crippen LogP) is 1.27. The van der Waals surface area contributed by atoms with Gasteiger partial charge in [0.2, 0.25) is 0 Å². The monoisotopic (exact) mass is 228 g/mol. The van der Waals surface area contributed by atoms with Crippen LogP contribution in [0, 0.1) is 0 Å². The number of carbonyl (C=O) groups is 1. The van der Waals surface area contributed by atoms with Gasteiger partial charge in [-0.25, -0.2) is 0 Å². The van der Waals surface area contributed by atoms with Crippen LogP contribution in [-0.2, 0) is 4.79 Å². The Morgan fingerprint density at radius 2 is 2.06 bits per heavy atom. The molecular formula is C12H24N2O2. The lowest BCUT2D eigenvalue weighted by molar-refractivity contribution is -0.140. The maximum atomic E-state index is 11.0. The number of carboxylic acid groups (broad SMARTS) is 1. The lowest BCUT2D eigenvalue weighted by Crippen LogP contribution is -2.46. The molecule has 0 aromatic rings. The fourth-order valence-corrected chi connectivity index (χ4v) is 2.61. The smallest absolute Gasteiger partial charge is 0.305 e. The number of carboxylic acids is 1. The van der Waals surface area contributed by atoms with Crippen LogP contribution in [-0.4, -0.2) is 60.1 Å². The van der Waals surface area contributed by atoms with E-state index in [0.717, 1.165) is 38.9 Å². The van der Waals surface area contributed by atoms with Gasteiger partial charge in [-0.1, -0.05) is 6.92 Å². The van der Waals surface area contributed by atoms with E-state index < -0.39 is 5.97 Å². The fraction of sp³-hybridized carbons (Fsp3) is 0.917. The first kappa shape index (κ1) is 13.5. The fourth-order valence-electron chi connectivity index (χ4n) is 2.61. The minimum Gasteiger partial charge on any atom is -0.481 e. The average Bonchev–Trinajstić information content (AvgIpc) is 2.40. The summed E-state index contributed by atoms with van der Waals surface area (Å²) in [6, 6.07) is 0. The number of rotatable bonds is 4. The summed E-state index contributed by atoms with van der Waals surface area (Å²) < 4.78 is 0. The van der Waals surface area contributed by atoms with Crippen LogP contribution >= 0.6 is 0 Å². The minimum absolute atomic E-state index is 0.143. The third kappa shape index (κ3) is 3.19. The van der Waals surface area contributed by atoms with Crippen molar-refractivity contribution in [3.05, 3.63) is 0 Å². The zero-order valence-electron chi connectivity index (χ0n) is 10.7. The Bertz CT molecular complexity index is 243. The van der Waals surface area contributed by atoms with E-state index in [0.29, 0.717) is 0 Å². The van der Waals surface area contributed by atoms with Crippen molar-refractivity contribution in [3.63, 3.8) is 0 Å². The highest BCUT2D eigenvalue weighted by atomic mass is 16.4. The van der Waals surface area contributed by atoms with Crippen molar-refractivity contribution in [2.75, 3.05) is 33.7 Å². The summed E-state index contributed by atoms with van der Waals surface area (Å²) in [4.78, 5) is 15.5. The molecule has 1 aliphatic rings. The number of hydrogen-bond donors (Lipinski definition) is 1. The van der Waals surface area contributed by atoms with Gasteiger partial charge < -0.3 is 14.9 Å². The largest absolute Gasteiger partial charge is 0.481 e. The molecule has 1 rings (SSSR count). The van der Waals surface area contributed by atoms with Crippen LogP contribution in [0.25, 0.3) is 0 Å². The Morgan fingerprint density at radius 3 is 2.56 bits per heavy atom. The van der Waals surface area contributed by atoms with E-state index >= 15 is 0 Å². The molecule has 0 aliphatic carbocycles. The van der Waals surface area contributed by atoms with Gasteiger partial charge in [0.15, 0.2) is 0 Å². The summed E-state index contributed by atoms with van der Waals surface area (Å²) in [5, 5.41) is 9.05. The van der Waals surface area contributed by atoms with Crippen LogP contribution in [0.3, 0.4) is 0 Å². The van der Waals surface area contributed by atoms with Crippen LogP contribution in [0.1, 0.15) is 32.6 Å². The molecule has 0 amide bonds. The Kier molecular flexibility index (Phi) is 4.74. The van der Waals surface area contributed by atoms with Crippen molar-refractivity contribution in [1.29, 1.82) is 0 Å². The quantitative estimate of drug-likeness (QED) is 0.787. The van der Waals surface area contributed by atoms with Crippen LogP contribution in [0.15, 0.2) is 0 Å². The molecule has 0 radical (unpaired) electrons. The normalized spacial score (nSPS) is 28.0. The Balaban J connectivity index is 2.73. The van der Waals surface area contributed by atoms with Gasteiger partial charge >= 0.3 is 5.97 Å².